The summed E-state index contributed by atoms with van der Waals surface area (Å²) in [5.41, 5.74) is 1.56. The molecule has 0 bridgehead atoms. The van der Waals surface area contributed by atoms with Gasteiger partial charge in [-0.15, -0.1) is 0 Å². The van der Waals surface area contributed by atoms with E-state index in [0.29, 0.717) is 18.2 Å². The first-order chi connectivity index (χ1) is 13.6. The number of aromatic nitrogens is 3. The summed E-state index contributed by atoms with van der Waals surface area (Å²) in [5, 5.41) is 0. The molecule has 28 heavy (non-hydrogen) atoms. The van der Waals surface area contributed by atoms with Crippen molar-refractivity contribution in [3.8, 4) is 11.3 Å². The molecule has 2 saturated heterocycles. The molecule has 2 fully saturated rings. The minimum Gasteiger partial charge on any atom is -0.344 e. The van der Waals surface area contributed by atoms with Crippen molar-refractivity contribution in [2.24, 2.45) is 5.92 Å². The smallest absolute Gasteiger partial charge is 0.253 e. The van der Waals surface area contributed by atoms with E-state index in [9.17, 15) is 9.59 Å². The Morgan fingerprint density at radius 1 is 1.07 bits per heavy atom. The molecule has 4 heterocycles. The minimum absolute atomic E-state index is 0.0201. The van der Waals surface area contributed by atoms with Crippen LogP contribution >= 0.6 is 0 Å². The lowest BCUT2D eigenvalue weighted by Crippen LogP contribution is -2.53. The average molecular weight is 381 g/mol. The van der Waals surface area contributed by atoms with Gasteiger partial charge in [0.2, 0.25) is 5.91 Å². The van der Waals surface area contributed by atoms with E-state index in [4.69, 9.17) is 0 Å². The molecule has 2 aliphatic heterocycles. The monoisotopic (exact) mass is 381 g/mol. The molecule has 2 aromatic heterocycles. The predicted octanol–water partition coefficient (Wildman–Crippen LogP) is 1.64. The molecule has 1 atom stereocenters. The molecule has 1 amide bonds. The Bertz CT molecular complexity index is 874. The van der Waals surface area contributed by atoms with E-state index in [1.54, 1.807) is 29.4 Å². The number of rotatable bonds is 4. The number of likely N-dealkylation sites (tertiary alicyclic amines) is 2. The molecule has 148 valence electrons. The lowest BCUT2D eigenvalue weighted by molar-refractivity contribution is -0.139. The van der Waals surface area contributed by atoms with Gasteiger partial charge in [0.05, 0.1) is 18.1 Å². The third-order valence-electron chi connectivity index (χ3n) is 6.03. The van der Waals surface area contributed by atoms with Crippen LogP contribution in [0.5, 0.6) is 0 Å². The van der Waals surface area contributed by atoms with E-state index in [1.807, 2.05) is 24.1 Å². The first-order valence-corrected chi connectivity index (χ1v) is 10.1. The summed E-state index contributed by atoms with van der Waals surface area (Å²) >= 11 is 0. The number of pyridine rings is 1. The van der Waals surface area contributed by atoms with Crippen molar-refractivity contribution >= 4 is 5.91 Å². The van der Waals surface area contributed by atoms with Gasteiger partial charge in [0.15, 0.2) is 0 Å². The number of amides is 1. The van der Waals surface area contributed by atoms with Crippen LogP contribution in [0.25, 0.3) is 11.3 Å². The summed E-state index contributed by atoms with van der Waals surface area (Å²) in [6.45, 7) is 3.41. The second-order valence-electron chi connectivity index (χ2n) is 7.90. The van der Waals surface area contributed by atoms with Crippen LogP contribution in [0.15, 0.2) is 41.7 Å². The highest BCUT2D eigenvalue weighted by Gasteiger charge is 2.33. The van der Waals surface area contributed by atoms with E-state index >= 15 is 0 Å². The fourth-order valence-electron chi connectivity index (χ4n) is 4.32. The van der Waals surface area contributed by atoms with Crippen molar-refractivity contribution in [2.75, 3.05) is 26.7 Å². The SMILES string of the molecule is CN1CCCC(N2CCC(Cn3cnc(-c4ccncc4)cc3=O)CC2)C1=O. The molecule has 0 N–H and O–H groups in total. The van der Waals surface area contributed by atoms with Crippen molar-refractivity contribution in [1.29, 1.82) is 0 Å². The molecule has 7 heteroatoms. The van der Waals surface area contributed by atoms with Gasteiger partial charge in [-0.05, 0) is 56.8 Å². The molecule has 0 aliphatic carbocycles. The summed E-state index contributed by atoms with van der Waals surface area (Å²) in [5.74, 6) is 0.704. The number of likely N-dealkylation sites (N-methyl/N-ethyl adjacent to an activating group) is 1. The van der Waals surface area contributed by atoms with Gasteiger partial charge >= 0.3 is 0 Å². The second kappa shape index (κ2) is 8.22. The van der Waals surface area contributed by atoms with E-state index < -0.39 is 0 Å². The normalized spacial score (nSPS) is 21.8. The topological polar surface area (TPSA) is 71.3 Å². The predicted molar refractivity (Wildman–Crippen MR) is 107 cm³/mol. The molecule has 0 spiro atoms. The maximum absolute atomic E-state index is 12.5. The Hall–Kier alpha value is -2.54. The molecular weight excluding hydrogens is 354 g/mol. The first kappa shape index (κ1) is 18.8. The Kier molecular flexibility index (Phi) is 5.52. The van der Waals surface area contributed by atoms with Gasteiger partial charge in [-0.3, -0.25) is 24.0 Å². The highest BCUT2D eigenvalue weighted by Crippen LogP contribution is 2.24. The summed E-state index contributed by atoms with van der Waals surface area (Å²) < 4.78 is 1.71. The second-order valence-corrected chi connectivity index (χ2v) is 7.90. The first-order valence-electron chi connectivity index (χ1n) is 10.1. The van der Waals surface area contributed by atoms with Gasteiger partial charge in [0, 0.05) is 44.2 Å². The molecule has 1 unspecified atom stereocenters. The molecule has 0 saturated carbocycles. The van der Waals surface area contributed by atoms with Crippen LogP contribution in [0, 0.1) is 5.92 Å². The lowest BCUT2D eigenvalue weighted by Gasteiger charge is -2.40. The standard InChI is InChI=1S/C21H27N5O2/c1-24-10-2-3-19(21(24)28)25-11-6-16(7-12-25)14-26-15-23-18(13-20(26)27)17-4-8-22-9-5-17/h4-5,8-9,13,15-16,19H,2-3,6-7,10-12,14H2,1H3. The zero-order chi connectivity index (χ0) is 19.5. The zero-order valence-corrected chi connectivity index (χ0v) is 16.3. The number of hydrogen-bond donors (Lipinski definition) is 0. The third-order valence-corrected chi connectivity index (χ3v) is 6.03. The van der Waals surface area contributed by atoms with Crippen LogP contribution in [0.1, 0.15) is 25.7 Å². The van der Waals surface area contributed by atoms with Gasteiger partial charge in [0.1, 0.15) is 0 Å². The summed E-state index contributed by atoms with van der Waals surface area (Å²) in [7, 11) is 1.90. The molecular formula is C21H27N5O2. The van der Waals surface area contributed by atoms with Crippen LogP contribution in [0.3, 0.4) is 0 Å². The van der Waals surface area contributed by atoms with E-state index in [0.717, 1.165) is 50.9 Å². The molecule has 7 nitrogen and oxygen atoms in total. The molecule has 0 radical (unpaired) electrons. The third kappa shape index (κ3) is 3.99. The fourth-order valence-corrected chi connectivity index (χ4v) is 4.32. The van der Waals surface area contributed by atoms with Gasteiger partial charge in [-0.25, -0.2) is 4.98 Å². The summed E-state index contributed by atoms with van der Waals surface area (Å²) in [6, 6.07) is 5.35. The van der Waals surface area contributed by atoms with Crippen LogP contribution in [0.2, 0.25) is 0 Å². The number of carbonyl (C=O) groups is 1. The zero-order valence-electron chi connectivity index (χ0n) is 16.3. The van der Waals surface area contributed by atoms with Crippen LogP contribution in [-0.2, 0) is 11.3 Å². The van der Waals surface area contributed by atoms with Gasteiger partial charge < -0.3 is 4.90 Å². The highest BCUT2D eigenvalue weighted by atomic mass is 16.2. The number of piperidine rings is 2. The fraction of sp³-hybridized carbons (Fsp3) is 0.524. The van der Waals surface area contributed by atoms with Gasteiger partial charge in [0.25, 0.3) is 5.56 Å². The Morgan fingerprint density at radius 3 is 2.54 bits per heavy atom. The van der Waals surface area contributed by atoms with Crippen LogP contribution < -0.4 is 5.56 Å². The van der Waals surface area contributed by atoms with Crippen molar-refractivity contribution in [1.82, 2.24) is 24.3 Å². The van der Waals surface area contributed by atoms with E-state index in [2.05, 4.69) is 14.9 Å². The number of nitrogens with zero attached hydrogens (tertiary/aromatic N) is 5. The highest BCUT2D eigenvalue weighted by molar-refractivity contribution is 5.82. The number of carbonyl (C=O) groups excluding carboxylic acids is 1. The summed E-state index contributed by atoms with van der Waals surface area (Å²) in [6.07, 6.45) is 9.11. The average Bonchev–Trinajstić information content (AvgIpc) is 2.73. The number of hydrogen-bond acceptors (Lipinski definition) is 5. The maximum Gasteiger partial charge on any atom is 0.253 e. The Labute approximate surface area is 165 Å². The van der Waals surface area contributed by atoms with Crippen molar-refractivity contribution < 1.29 is 4.79 Å². The van der Waals surface area contributed by atoms with Gasteiger partial charge in [-0.2, -0.15) is 0 Å². The lowest BCUT2D eigenvalue weighted by atomic mass is 9.93. The molecule has 4 rings (SSSR count). The Balaban J connectivity index is 1.36. The van der Waals surface area contributed by atoms with Crippen molar-refractivity contribution in [2.45, 2.75) is 38.3 Å². The Morgan fingerprint density at radius 2 is 1.82 bits per heavy atom. The minimum atomic E-state index is -0.0201. The van der Waals surface area contributed by atoms with Crippen molar-refractivity contribution in [3.63, 3.8) is 0 Å². The van der Waals surface area contributed by atoms with Crippen LogP contribution in [-0.4, -0.2) is 63.0 Å². The largest absolute Gasteiger partial charge is 0.344 e. The molecule has 0 aromatic carbocycles. The molecule has 2 aliphatic rings. The van der Waals surface area contributed by atoms with E-state index in [-0.39, 0.29) is 17.5 Å². The van der Waals surface area contributed by atoms with Crippen LogP contribution in [0.4, 0.5) is 0 Å². The molecule has 2 aromatic rings. The van der Waals surface area contributed by atoms with E-state index in [1.165, 1.54) is 0 Å². The van der Waals surface area contributed by atoms with Crippen molar-refractivity contribution in [3.05, 3.63) is 47.3 Å². The maximum atomic E-state index is 12.5. The summed E-state index contributed by atoms with van der Waals surface area (Å²) in [4.78, 5) is 37.6. The van der Waals surface area contributed by atoms with Gasteiger partial charge in [-0.1, -0.05) is 0 Å². The quantitative estimate of drug-likeness (QED) is 0.805.